The van der Waals surface area contributed by atoms with Crippen LogP contribution < -0.4 is 0 Å². The van der Waals surface area contributed by atoms with Crippen LogP contribution in [0.3, 0.4) is 0 Å². The van der Waals surface area contributed by atoms with Crippen molar-refractivity contribution in [2.45, 2.75) is 25.7 Å². The maximum Gasteiger partial charge on any atom is 0.306 e. The summed E-state index contributed by atoms with van der Waals surface area (Å²) in [7, 11) is 2.72. The molecule has 4 nitrogen and oxygen atoms in total. The highest BCUT2D eigenvalue weighted by Gasteiger charge is 2.36. The molecule has 0 aliphatic heterocycles. The van der Waals surface area contributed by atoms with Gasteiger partial charge in [0.15, 0.2) is 0 Å². The highest BCUT2D eigenvalue weighted by Crippen LogP contribution is 2.40. The number of esters is 2. The Labute approximate surface area is 89.2 Å². The second-order valence-corrected chi connectivity index (χ2v) is 3.89. The number of carbonyl (C=O) groups excluding carboxylic acids is 2. The van der Waals surface area contributed by atoms with Crippen molar-refractivity contribution in [2.24, 2.45) is 5.41 Å². The van der Waals surface area contributed by atoms with Crippen molar-refractivity contribution in [1.82, 2.24) is 0 Å². The molecule has 15 heavy (non-hydrogen) atoms. The summed E-state index contributed by atoms with van der Waals surface area (Å²) in [5, 5.41) is 0. The van der Waals surface area contributed by atoms with Crippen LogP contribution in [0.2, 0.25) is 0 Å². The molecule has 0 saturated heterocycles. The first-order valence-electron chi connectivity index (χ1n) is 4.90. The Morgan fingerprint density at radius 2 is 1.47 bits per heavy atom. The molecule has 1 rings (SSSR count). The summed E-state index contributed by atoms with van der Waals surface area (Å²) < 4.78 is 9.27. The van der Waals surface area contributed by atoms with E-state index in [-0.39, 0.29) is 30.2 Å². The Bertz CT molecular complexity index is 252. The fourth-order valence-electron chi connectivity index (χ4n) is 1.86. The largest absolute Gasteiger partial charge is 0.469 e. The molecule has 0 aromatic heterocycles. The number of hydrogen-bond donors (Lipinski definition) is 0. The number of ether oxygens (including phenoxy) is 2. The van der Waals surface area contributed by atoms with Crippen molar-refractivity contribution in [3.63, 3.8) is 0 Å². The molecule has 0 bridgehead atoms. The van der Waals surface area contributed by atoms with Crippen molar-refractivity contribution >= 4 is 11.9 Å². The first-order chi connectivity index (χ1) is 7.12. The Balaban J connectivity index is 2.62. The number of methoxy groups -OCH3 is 2. The van der Waals surface area contributed by atoms with Crippen LogP contribution in [0.4, 0.5) is 0 Å². The van der Waals surface area contributed by atoms with E-state index in [0.717, 1.165) is 12.8 Å². The van der Waals surface area contributed by atoms with Gasteiger partial charge in [-0.1, -0.05) is 12.2 Å². The molecule has 84 valence electrons. The molecule has 0 atom stereocenters. The van der Waals surface area contributed by atoms with E-state index in [2.05, 4.69) is 9.47 Å². The van der Waals surface area contributed by atoms with Crippen LogP contribution in [0.1, 0.15) is 25.7 Å². The molecule has 0 saturated carbocycles. The average Bonchev–Trinajstić information content (AvgIpc) is 2.66. The van der Waals surface area contributed by atoms with E-state index in [0.29, 0.717) is 0 Å². The predicted molar refractivity (Wildman–Crippen MR) is 54.1 cm³/mol. The van der Waals surface area contributed by atoms with E-state index in [1.165, 1.54) is 14.2 Å². The van der Waals surface area contributed by atoms with Gasteiger partial charge in [0.2, 0.25) is 0 Å². The van der Waals surface area contributed by atoms with E-state index < -0.39 is 0 Å². The fourth-order valence-corrected chi connectivity index (χ4v) is 1.86. The molecule has 0 aromatic rings. The first kappa shape index (κ1) is 11.8. The summed E-state index contributed by atoms with van der Waals surface area (Å²) >= 11 is 0. The Kier molecular flexibility index (Phi) is 3.88. The van der Waals surface area contributed by atoms with Gasteiger partial charge in [-0.25, -0.2) is 0 Å². The van der Waals surface area contributed by atoms with E-state index in [1.54, 1.807) is 0 Å². The summed E-state index contributed by atoms with van der Waals surface area (Å²) in [6.07, 6.45) is 5.99. The highest BCUT2D eigenvalue weighted by molar-refractivity contribution is 5.74. The number of hydrogen-bond acceptors (Lipinski definition) is 4. The molecule has 1 aliphatic rings. The van der Waals surface area contributed by atoms with Crippen LogP contribution in [0, 0.1) is 5.41 Å². The summed E-state index contributed by atoms with van der Waals surface area (Å²) in [5.41, 5.74) is -0.319. The van der Waals surface area contributed by atoms with Crippen molar-refractivity contribution in [3.8, 4) is 0 Å². The predicted octanol–water partition coefficient (Wildman–Crippen LogP) is 1.45. The minimum atomic E-state index is -0.319. The van der Waals surface area contributed by atoms with Crippen LogP contribution in [-0.4, -0.2) is 26.2 Å². The summed E-state index contributed by atoms with van der Waals surface area (Å²) in [5.74, 6) is -0.551. The van der Waals surface area contributed by atoms with E-state index in [1.807, 2.05) is 12.2 Å². The Hall–Kier alpha value is -1.32. The van der Waals surface area contributed by atoms with Crippen LogP contribution >= 0.6 is 0 Å². The molecule has 0 N–H and O–H groups in total. The lowest BCUT2D eigenvalue weighted by Crippen LogP contribution is -2.26. The zero-order valence-electron chi connectivity index (χ0n) is 9.12. The summed E-state index contributed by atoms with van der Waals surface area (Å²) in [4.78, 5) is 22.5. The van der Waals surface area contributed by atoms with Gasteiger partial charge in [0.1, 0.15) is 0 Å². The standard InChI is InChI=1S/C11H16O4/c1-14-9(12)7-11(5-3-4-6-11)8-10(13)15-2/h3-4H,5-8H2,1-2H3. The van der Waals surface area contributed by atoms with Crippen molar-refractivity contribution in [2.75, 3.05) is 14.2 Å². The molecule has 0 radical (unpaired) electrons. The maximum atomic E-state index is 11.2. The normalized spacial score (nSPS) is 17.5. The molecule has 4 heteroatoms. The molecular weight excluding hydrogens is 196 g/mol. The number of rotatable bonds is 4. The quantitative estimate of drug-likeness (QED) is 0.522. The molecule has 0 spiro atoms. The second kappa shape index (κ2) is 4.96. The molecule has 0 heterocycles. The van der Waals surface area contributed by atoms with Crippen molar-refractivity contribution in [3.05, 3.63) is 12.2 Å². The molecule has 0 unspecified atom stereocenters. The van der Waals surface area contributed by atoms with Gasteiger partial charge >= 0.3 is 11.9 Å². The van der Waals surface area contributed by atoms with E-state index in [4.69, 9.17) is 0 Å². The third kappa shape index (κ3) is 3.08. The van der Waals surface area contributed by atoms with Gasteiger partial charge in [0, 0.05) is 0 Å². The van der Waals surface area contributed by atoms with Gasteiger partial charge < -0.3 is 9.47 Å². The van der Waals surface area contributed by atoms with Crippen molar-refractivity contribution < 1.29 is 19.1 Å². The Morgan fingerprint density at radius 3 is 1.80 bits per heavy atom. The second-order valence-electron chi connectivity index (χ2n) is 3.89. The van der Waals surface area contributed by atoms with Crippen LogP contribution in [-0.2, 0) is 19.1 Å². The lowest BCUT2D eigenvalue weighted by atomic mass is 9.79. The number of carbonyl (C=O) groups is 2. The monoisotopic (exact) mass is 212 g/mol. The van der Waals surface area contributed by atoms with Crippen LogP contribution in [0.15, 0.2) is 12.2 Å². The number of allylic oxidation sites excluding steroid dienone is 2. The molecule has 0 aromatic carbocycles. The minimum absolute atomic E-state index is 0.269. The minimum Gasteiger partial charge on any atom is -0.469 e. The lowest BCUT2D eigenvalue weighted by Gasteiger charge is -2.26. The first-order valence-corrected chi connectivity index (χ1v) is 4.90. The highest BCUT2D eigenvalue weighted by atomic mass is 16.5. The van der Waals surface area contributed by atoms with Gasteiger partial charge in [0.25, 0.3) is 0 Å². The van der Waals surface area contributed by atoms with E-state index >= 15 is 0 Å². The topological polar surface area (TPSA) is 52.6 Å². The molecule has 1 aliphatic carbocycles. The third-order valence-electron chi connectivity index (χ3n) is 2.76. The Morgan fingerprint density at radius 1 is 1.07 bits per heavy atom. The maximum absolute atomic E-state index is 11.2. The molecule has 0 amide bonds. The van der Waals surface area contributed by atoms with Gasteiger partial charge in [-0.2, -0.15) is 0 Å². The summed E-state index contributed by atoms with van der Waals surface area (Å²) in [6.45, 7) is 0. The van der Waals surface area contributed by atoms with Gasteiger partial charge in [-0.05, 0) is 18.3 Å². The zero-order valence-corrected chi connectivity index (χ0v) is 9.12. The van der Waals surface area contributed by atoms with Crippen LogP contribution in [0.5, 0.6) is 0 Å². The molecule has 0 fully saturated rings. The fraction of sp³-hybridized carbons (Fsp3) is 0.636. The lowest BCUT2D eigenvalue weighted by molar-refractivity contribution is -0.147. The average molecular weight is 212 g/mol. The molecular formula is C11H16O4. The van der Waals surface area contributed by atoms with Crippen molar-refractivity contribution in [1.29, 1.82) is 0 Å². The van der Waals surface area contributed by atoms with E-state index in [9.17, 15) is 9.59 Å². The SMILES string of the molecule is COC(=O)CC1(CC(=O)OC)CC=CC1. The van der Waals surface area contributed by atoms with Gasteiger partial charge in [-0.15, -0.1) is 0 Å². The summed E-state index contributed by atoms with van der Waals surface area (Å²) in [6, 6.07) is 0. The van der Waals surface area contributed by atoms with Crippen LogP contribution in [0.25, 0.3) is 0 Å². The third-order valence-corrected chi connectivity index (χ3v) is 2.76. The smallest absolute Gasteiger partial charge is 0.306 e. The van der Waals surface area contributed by atoms with Gasteiger partial charge in [0.05, 0.1) is 27.1 Å². The zero-order chi connectivity index (χ0) is 11.3. The van der Waals surface area contributed by atoms with Gasteiger partial charge in [-0.3, -0.25) is 9.59 Å².